The summed E-state index contributed by atoms with van der Waals surface area (Å²) in [4.78, 5) is 4.97. The topological polar surface area (TPSA) is 22.1 Å². The number of fused-ring (bicyclic) bond motifs is 3. The number of hydrogen-bond donors (Lipinski definition) is 0. The molecule has 0 amide bonds. The average molecular weight is 580 g/mol. The first-order chi connectivity index (χ1) is 19.3. The summed E-state index contributed by atoms with van der Waals surface area (Å²) in [6, 6.07) is 40.0. The molecule has 1 aliphatic rings. The Hall–Kier alpha value is -3.89. The molecule has 0 saturated carbocycles. The third-order valence-corrected chi connectivity index (χ3v) is 17.7. The summed E-state index contributed by atoms with van der Waals surface area (Å²) in [5.41, 5.74) is 3.50. The van der Waals surface area contributed by atoms with E-state index in [1.807, 2.05) is 6.20 Å². The molecule has 0 saturated heterocycles. The van der Waals surface area contributed by atoms with Crippen LogP contribution in [0.25, 0.3) is 32.8 Å². The Morgan fingerprint density at radius 2 is 1.35 bits per heavy atom. The van der Waals surface area contributed by atoms with Crippen LogP contribution in [0.4, 0.5) is 0 Å². The van der Waals surface area contributed by atoms with Gasteiger partial charge in [-0.25, -0.2) is 0 Å². The molecule has 7 rings (SSSR count). The van der Waals surface area contributed by atoms with E-state index in [9.17, 15) is 0 Å². The molecule has 0 fully saturated rings. The molecule has 0 N–H and O–H groups in total. The minimum atomic E-state index is -3.01. The zero-order valence-electron chi connectivity index (χ0n) is 23.5. The predicted octanol–water partition coefficient (Wildman–Crippen LogP) is 7.85. The fraction of sp³-hybridized carbons (Fsp3) is 0.162. The van der Waals surface area contributed by atoms with E-state index in [1.54, 1.807) is 0 Å². The van der Waals surface area contributed by atoms with Crippen molar-refractivity contribution in [1.29, 1.82) is 0 Å². The molecule has 40 heavy (non-hydrogen) atoms. The van der Waals surface area contributed by atoms with Gasteiger partial charge < -0.3 is 0 Å². The summed E-state index contributed by atoms with van der Waals surface area (Å²) in [7, 11) is 0. The molecule has 0 spiro atoms. The van der Waals surface area contributed by atoms with Crippen LogP contribution in [0.1, 0.15) is 26.3 Å². The SMILES string of the molecule is CC(C)(C)Cc1c2c(cc3ccccc13)-c1nccc3c[c]([Ge]([CH3])([c]4ccccc4)[c]4ccccc4)cc(c13)O2. The molecule has 2 nitrogen and oxygen atoms in total. The molecule has 0 unspecified atom stereocenters. The van der Waals surface area contributed by atoms with Gasteiger partial charge in [0.1, 0.15) is 0 Å². The van der Waals surface area contributed by atoms with E-state index in [-0.39, 0.29) is 5.41 Å². The number of ether oxygens (including phenoxy) is 1. The molecule has 0 bridgehead atoms. The van der Waals surface area contributed by atoms with E-state index in [2.05, 4.69) is 136 Å². The van der Waals surface area contributed by atoms with E-state index in [4.69, 9.17) is 9.72 Å². The van der Waals surface area contributed by atoms with Crippen LogP contribution in [0.2, 0.25) is 5.76 Å². The maximum atomic E-state index is 7.03. The third kappa shape index (κ3) is 4.05. The van der Waals surface area contributed by atoms with Crippen molar-refractivity contribution in [2.24, 2.45) is 5.41 Å². The first kappa shape index (κ1) is 25.1. The van der Waals surface area contributed by atoms with Gasteiger partial charge in [-0.1, -0.05) is 0 Å². The Balaban J connectivity index is 1.51. The standard InChI is InChI=1S/C37H33GeNO/c1-37(2,3)24-32-30-18-12-11-13-25(30)22-31-35-34-26(19-20-39-35)21-29(23-33(34)40-36(31)32)38(4,27-14-7-5-8-15-27)28-16-9-6-10-17-28/h5-23H,24H2,1-4H3. The van der Waals surface area contributed by atoms with Gasteiger partial charge in [0.05, 0.1) is 0 Å². The molecule has 0 atom stereocenters. The van der Waals surface area contributed by atoms with Crippen LogP contribution >= 0.6 is 0 Å². The second kappa shape index (κ2) is 9.35. The Morgan fingerprint density at radius 1 is 0.700 bits per heavy atom. The molecule has 3 heteroatoms. The molecular formula is C37H33GeNO. The number of pyridine rings is 1. The molecule has 0 radical (unpaired) electrons. The molecule has 6 aromatic rings. The van der Waals surface area contributed by atoms with Crippen LogP contribution in [-0.2, 0) is 6.42 Å². The van der Waals surface area contributed by atoms with E-state index in [0.29, 0.717) is 0 Å². The number of nitrogens with zero attached hydrogens (tertiary/aromatic N) is 1. The monoisotopic (exact) mass is 581 g/mol. The van der Waals surface area contributed by atoms with Crippen LogP contribution in [-0.4, -0.2) is 18.3 Å². The van der Waals surface area contributed by atoms with Crippen LogP contribution in [0.3, 0.4) is 0 Å². The van der Waals surface area contributed by atoms with Gasteiger partial charge in [0.25, 0.3) is 0 Å². The van der Waals surface area contributed by atoms with Crippen LogP contribution < -0.4 is 17.9 Å². The van der Waals surface area contributed by atoms with Crippen LogP contribution in [0.5, 0.6) is 11.5 Å². The second-order valence-electron chi connectivity index (χ2n) is 12.4. The Morgan fingerprint density at radius 3 is 2.02 bits per heavy atom. The minimum absolute atomic E-state index is 0.108. The summed E-state index contributed by atoms with van der Waals surface area (Å²) in [5.74, 6) is 4.40. The second-order valence-corrected chi connectivity index (χ2v) is 20.7. The van der Waals surface area contributed by atoms with Crippen molar-refractivity contribution >= 4 is 48.0 Å². The van der Waals surface area contributed by atoms with E-state index in [1.165, 1.54) is 34.9 Å². The Kier molecular flexibility index (Phi) is 5.87. The first-order valence-electron chi connectivity index (χ1n) is 14.1. The summed E-state index contributed by atoms with van der Waals surface area (Å²) in [6.45, 7) is 6.90. The average Bonchev–Trinajstić information content (AvgIpc) is 2.97. The van der Waals surface area contributed by atoms with Gasteiger partial charge in [-0.3, -0.25) is 0 Å². The molecule has 196 valence electrons. The summed E-state index contributed by atoms with van der Waals surface area (Å²) in [6.07, 6.45) is 2.89. The number of rotatable bonds is 4. The van der Waals surface area contributed by atoms with Gasteiger partial charge in [-0.15, -0.1) is 0 Å². The fourth-order valence-corrected chi connectivity index (χ4v) is 13.9. The Labute approximate surface area is 239 Å². The molecular weight excluding hydrogens is 547 g/mol. The molecule has 0 aliphatic carbocycles. The number of hydrogen-bond acceptors (Lipinski definition) is 2. The van der Waals surface area contributed by atoms with Crippen LogP contribution in [0.15, 0.2) is 115 Å². The van der Waals surface area contributed by atoms with Gasteiger partial charge in [0.15, 0.2) is 0 Å². The maximum absolute atomic E-state index is 7.03. The zero-order chi connectivity index (χ0) is 27.5. The molecule has 5 aromatic carbocycles. The molecule has 1 aromatic heterocycles. The normalized spacial score (nSPS) is 12.8. The summed E-state index contributed by atoms with van der Waals surface area (Å²) >= 11 is -3.01. The quantitative estimate of drug-likeness (QED) is 0.198. The van der Waals surface area contributed by atoms with Crippen molar-refractivity contribution in [3.05, 3.63) is 121 Å². The fourth-order valence-electron chi connectivity index (χ4n) is 6.41. The van der Waals surface area contributed by atoms with E-state index in [0.717, 1.165) is 34.6 Å². The molecule has 2 heterocycles. The van der Waals surface area contributed by atoms with Gasteiger partial charge in [0, 0.05) is 0 Å². The van der Waals surface area contributed by atoms with Gasteiger partial charge in [0.2, 0.25) is 0 Å². The number of benzene rings is 5. The first-order valence-corrected chi connectivity index (χ1v) is 19.3. The predicted molar refractivity (Wildman–Crippen MR) is 171 cm³/mol. The van der Waals surface area contributed by atoms with Crippen molar-refractivity contribution in [1.82, 2.24) is 4.98 Å². The van der Waals surface area contributed by atoms with Gasteiger partial charge >= 0.3 is 240 Å². The van der Waals surface area contributed by atoms with Gasteiger partial charge in [-0.05, 0) is 0 Å². The Bertz CT molecular complexity index is 1850. The summed E-state index contributed by atoms with van der Waals surface area (Å²) < 4.78 is 11.3. The van der Waals surface area contributed by atoms with Crippen molar-refractivity contribution in [2.45, 2.75) is 32.9 Å². The van der Waals surface area contributed by atoms with E-state index >= 15 is 0 Å². The van der Waals surface area contributed by atoms with Crippen molar-refractivity contribution in [3.8, 4) is 22.8 Å². The molecule has 1 aliphatic heterocycles. The zero-order valence-corrected chi connectivity index (χ0v) is 25.6. The van der Waals surface area contributed by atoms with Crippen molar-refractivity contribution < 1.29 is 4.74 Å². The van der Waals surface area contributed by atoms with Crippen molar-refractivity contribution in [3.63, 3.8) is 0 Å². The van der Waals surface area contributed by atoms with E-state index < -0.39 is 13.3 Å². The summed E-state index contributed by atoms with van der Waals surface area (Å²) in [5, 5.41) is 4.80. The van der Waals surface area contributed by atoms with Crippen LogP contribution in [0, 0.1) is 5.41 Å². The third-order valence-electron chi connectivity index (χ3n) is 8.39. The van der Waals surface area contributed by atoms with Crippen molar-refractivity contribution in [2.75, 3.05) is 0 Å². The number of aromatic nitrogens is 1. The van der Waals surface area contributed by atoms with Gasteiger partial charge in [-0.2, -0.15) is 0 Å².